The highest BCUT2D eigenvalue weighted by atomic mass is 32.2. The van der Waals surface area contributed by atoms with Crippen molar-refractivity contribution >= 4 is 23.6 Å². The molecule has 138 valence electrons. The molecule has 1 amide bonds. The molecule has 9 heteroatoms. The smallest absolute Gasteiger partial charge is 0.338 e. The van der Waals surface area contributed by atoms with Gasteiger partial charge in [-0.2, -0.15) is 0 Å². The molecule has 2 aromatic rings. The number of rotatable bonds is 5. The van der Waals surface area contributed by atoms with E-state index in [1.54, 1.807) is 29.2 Å². The molecule has 1 aromatic heterocycles. The van der Waals surface area contributed by atoms with Gasteiger partial charge in [0.25, 0.3) is 5.91 Å². The summed E-state index contributed by atoms with van der Waals surface area (Å²) in [5.41, 5.74) is 1.25. The van der Waals surface area contributed by atoms with E-state index in [9.17, 15) is 9.59 Å². The van der Waals surface area contributed by atoms with Gasteiger partial charge in [0.05, 0.1) is 18.8 Å². The zero-order valence-corrected chi connectivity index (χ0v) is 15.5. The summed E-state index contributed by atoms with van der Waals surface area (Å²) in [5, 5.41) is 8.93. The fourth-order valence-electron chi connectivity index (χ4n) is 2.63. The van der Waals surface area contributed by atoms with Gasteiger partial charge in [0, 0.05) is 18.8 Å². The van der Waals surface area contributed by atoms with Crippen molar-refractivity contribution in [3.8, 4) is 5.69 Å². The molecule has 8 nitrogen and oxygen atoms in total. The third-order valence-corrected chi connectivity index (χ3v) is 4.66. The molecule has 1 aromatic carbocycles. The van der Waals surface area contributed by atoms with Crippen molar-refractivity contribution in [2.45, 2.75) is 12.1 Å². The SMILES string of the molecule is CSc1nnc(C)n1-c1ccc(C(=O)OCC(=O)N2CCOCC2)cc1. The molecule has 0 N–H and O–H groups in total. The number of amides is 1. The molecule has 1 fully saturated rings. The second-order valence-electron chi connectivity index (χ2n) is 5.69. The second kappa shape index (κ2) is 8.33. The van der Waals surface area contributed by atoms with Crippen LogP contribution in [-0.2, 0) is 14.3 Å². The van der Waals surface area contributed by atoms with Crippen molar-refractivity contribution in [3.05, 3.63) is 35.7 Å². The number of nitrogens with zero attached hydrogens (tertiary/aromatic N) is 4. The minimum absolute atomic E-state index is 0.206. The Morgan fingerprint density at radius 3 is 2.54 bits per heavy atom. The third-order valence-electron chi connectivity index (χ3n) is 4.03. The van der Waals surface area contributed by atoms with Crippen molar-refractivity contribution in [2.24, 2.45) is 0 Å². The van der Waals surface area contributed by atoms with E-state index in [4.69, 9.17) is 9.47 Å². The normalized spacial score (nSPS) is 14.3. The summed E-state index contributed by atoms with van der Waals surface area (Å²) in [6.45, 7) is 3.69. The van der Waals surface area contributed by atoms with Crippen molar-refractivity contribution < 1.29 is 19.1 Å². The van der Waals surface area contributed by atoms with Crippen molar-refractivity contribution in [1.29, 1.82) is 0 Å². The number of ether oxygens (including phenoxy) is 2. The number of aryl methyl sites for hydroxylation is 1. The van der Waals surface area contributed by atoms with Crippen LogP contribution in [0.25, 0.3) is 5.69 Å². The molecule has 2 heterocycles. The molecule has 1 aliphatic heterocycles. The Morgan fingerprint density at radius 2 is 1.88 bits per heavy atom. The zero-order chi connectivity index (χ0) is 18.5. The molecule has 26 heavy (non-hydrogen) atoms. The van der Waals surface area contributed by atoms with Crippen LogP contribution in [0.1, 0.15) is 16.2 Å². The average molecular weight is 376 g/mol. The van der Waals surface area contributed by atoms with Gasteiger partial charge in [-0.25, -0.2) is 4.79 Å². The van der Waals surface area contributed by atoms with E-state index in [0.717, 1.165) is 16.7 Å². The highest BCUT2D eigenvalue weighted by Gasteiger charge is 2.19. The Bertz CT molecular complexity index is 785. The van der Waals surface area contributed by atoms with Gasteiger partial charge >= 0.3 is 5.97 Å². The molecule has 0 bridgehead atoms. The van der Waals surface area contributed by atoms with Crippen LogP contribution in [0.2, 0.25) is 0 Å². The lowest BCUT2D eigenvalue weighted by atomic mass is 10.2. The summed E-state index contributed by atoms with van der Waals surface area (Å²) < 4.78 is 12.2. The van der Waals surface area contributed by atoms with Crippen LogP contribution in [-0.4, -0.2) is 70.7 Å². The van der Waals surface area contributed by atoms with E-state index in [2.05, 4.69) is 10.2 Å². The molecule has 0 unspecified atom stereocenters. The maximum Gasteiger partial charge on any atom is 0.338 e. The number of carbonyl (C=O) groups is 2. The monoisotopic (exact) mass is 376 g/mol. The molecule has 0 atom stereocenters. The first-order valence-corrected chi connectivity index (χ1v) is 9.41. The molecule has 0 spiro atoms. The predicted octanol–water partition coefficient (Wildman–Crippen LogP) is 1.31. The molecule has 0 aliphatic carbocycles. The van der Waals surface area contributed by atoms with E-state index < -0.39 is 5.97 Å². The Kier molecular flexibility index (Phi) is 5.89. The van der Waals surface area contributed by atoms with Gasteiger partial charge in [-0.1, -0.05) is 11.8 Å². The van der Waals surface area contributed by atoms with Crippen LogP contribution in [0, 0.1) is 6.92 Å². The first-order chi connectivity index (χ1) is 12.6. The van der Waals surface area contributed by atoms with Gasteiger partial charge < -0.3 is 14.4 Å². The van der Waals surface area contributed by atoms with E-state index in [0.29, 0.717) is 31.9 Å². The quantitative estimate of drug-likeness (QED) is 0.574. The van der Waals surface area contributed by atoms with Gasteiger partial charge in [-0.05, 0) is 37.4 Å². The highest BCUT2D eigenvalue weighted by molar-refractivity contribution is 7.98. The van der Waals surface area contributed by atoms with Crippen molar-refractivity contribution in [2.75, 3.05) is 39.2 Å². The van der Waals surface area contributed by atoms with Gasteiger partial charge in [-0.15, -0.1) is 10.2 Å². The molecular weight excluding hydrogens is 356 g/mol. The lowest BCUT2D eigenvalue weighted by molar-refractivity contribution is -0.138. The van der Waals surface area contributed by atoms with Crippen LogP contribution in [0.15, 0.2) is 29.4 Å². The summed E-state index contributed by atoms with van der Waals surface area (Å²) in [6, 6.07) is 6.94. The first kappa shape index (κ1) is 18.4. The maximum atomic E-state index is 12.2. The molecular formula is C17H20N4O4S. The number of benzene rings is 1. The van der Waals surface area contributed by atoms with Crippen LogP contribution in [0.4, 0.5) is 0 Å². The molecule has 1 aliphatic rings. The number of aromatic nitrogens is 3. The lowest BCUT2D eigenvalue weighted by Gasteiger charge is -2.26. The summed E-state index contributed by atoms with van der Waals surface area (Å²) in [4.78, 5) is 25.8. The number of hydrogen-bond acceptors (Lipinski definition) is 7. The zero-order valence-electron chi connectivity index (χ0n) is 14.7. The van der Waals surface area contributed by atoms with Crippen molar-refractivity contribution in [3.63, 3.8) is 0 Å². The topological polar surface area (TPSA) is 86.6 Å². The number of morpholine rings is 1. The Hall–Kier alpha value is -2.39. The van der Waals surface area contributed by atoms with E-state index in [1.165, 1.54) is 11.8 Å². The average Bonchev–Trinajstić information content (AvgIpc) is 3.07. The minimum Gasteiger partial charge on any atom is -0.452 e. The van der Waals surface area contributed by atoms with Crippen molar-refractivity contribution in [1.82, 2.24) is 19.7 Å². The van der Waals surface area contributed by atoms with Gasteiger partial charge in [0.1, 0.15) is 5.82 Å². The van der Waals surface area contributed by atoms with Crippen LogP contribution < -0.4 is 0 Å². The van der Waals surface area contributed by atoms with Gasteiger partial charge in [0.2, 0.25) is 0 Å². The summed E-state index contributed by atoms with van der Waals surface area (Å²) >= 11 is 1.49. The fourth-order valence-corrected chi connectivity index (χ4v) is 3.18. The van der Waals surface area contributed by atoms with E-state index in [-0.39, 0.29) is 12.5 Å². The van der Waals surface area contributed by atoms with E-state index >= 15 is 0 Å². The van der Waals surface area contributed by atoms with Crippen LogP contribution in [0.3, 0.4) is 0 Å². The first-order valence-electron chi connectivity index (χ1n) is 8.19. The molecule has 0 radical (unpaired) electrons. The summed E-state index contributed by atoms with van der Waals surface area (Å²) in [6.07, 6.45) is 1.93. The number of carbonyl (C=O) groups excluding carboxylic acids is 2. The fraction of sp³-hybridized carbons (Fsp3) is 0.412. The predicted molar refractivity (Wildman–Crippen MR) is 95.6 cm³/mol. The second-order valence-corrected chi connectivity index (χ2v) is 6.46. The van der Waals surface area contributed by atoms with E-state index in [1.807, 2.05) is 17.7 Å². The highest BCUT2D eigenvalue weighted by Crippen LogP contribution is 2.20. The lowest BCUT2D eigenvalue weighted by Crippen LogP contribution is -2.42. The Labute approximate surface area is 155 Å². The Balaban J connectivity index is 1.62. The van der Waals surface area contributed by atoms with Crippen LogP contribution >= 0.6 is 11.8 Å². The minimum atomic E-state index is -0.524. The molecule has 0 saturated carbocycles. The number of thioether (sulfide) groups is 1. The molecule has 3 rings (SSSR count). The molecule has 1 saturated heterocycles. The van der Waals surface area contributed by atoms with Gasteiger partial charge in [-0.3, -0.25) is 9.36 Å². The summed E-state index contributed by atoms with van der Waals surface area (Å²) in [5.74, 6) is 0.0347. The largest absolute Gasteiger partial charge is 0.452 e. The summed E-state index contributed by atoms with van der Waals surface area (Å²) in [7, 11) is 0. The van der Waals surface area contributed by atoms with Crippen LogP contribution in [0.5, 0.6) is 0 Å². The maximum absolute atomic E-state index is 12.2. The van der Waals surface area contributed by atoms with Gasteiger partial charge in [0.15, 0.2) is 11.8 Å². The standard InChI is InChI=1S/C17H20N4O4S/c1-12-18-19-17(26-2)21(12)14-5-3-13(4-6-14)16(23)25-11-15(22)20-7-9-24-10-8-20/h3-6H,7-11H2,1-2H3. The number of hydrogen-bond donors (Lipinski definition) is 0. The Morgan fingerprint density at radius 1 is 1.19 bits per heavy atom. The third kappa shape index (κ3) is 4.05. The number of esters is 1.